The first-order chi connectivity index (χ1) is 6.34. The van der Waals surface area contributed by atoms with Crippen LogP contribution in [0.2, 0.25) is 0 Å². The molecule has 2 rings (SSSR count). The van der Waals surface area contributed by atoms with Crippen LogP contribution in [0, 0.1) is 5.51 Å². The van der Waals surface area contributed by atoms with E-state index < -0.39 is 0 Å². The summed E-state index contributed by atoms with van der Waals surface area (Å²) in [6, 6.07) is 0. The Bertz CT molecular complexity index is 285. The van der Waals surface area contributed by atoms with Crippen LogP contribution in [0.25, 0.3) is 0 Å². The zero-order valence-electron chi connectivity index (χ0n) is 7.17. The van der Waals surface area contributed by atoms with Crippen molar-refractivity contribution in [1.82, 2.24) is 14.3 Å². The molecule has 0 spiro atoms. The Labute approximate surface area is 85.4 Å². The minimum atomic E-state index is 0.846. The normalized spacial score (nSPS) is 15.8. The van der Waals surface area contributed by atoms with Crippen molar-refractivity contribution in [2.45, 2.75) is 5.75 Å². The number of thiazole rings is 1. The summed E-state index contributed by atoms with van der Waals surface area (Å²) < 4.78 is 1.94. The summed E-state index contributed by atoms with van der Waals surface area (Å²) in [5, 5.41) is 6.19. The van der Waals surface area contributed by atoms with E-state index in [0.717, 1.165) is 18.1 Å². The highest BCUT2D eigenvalue weighted by Gasteiger charge is 2.10. The largest absolute Gasteiger partial charge is 0.344 e. The van der Waals surface area contributed by atoms with Crippen LogP contribution >= 0.6 is 23.3 Å². The van der Waals surface area contributed by atoms with Gasteiger partial charge in [-0.1, -0.05) is 0 Å². The third kappa shape index (κ3) is 2.35. The number of rotatable bonds is 3. The lowest BCUT2D eigenvalue weighted by atomic mass is 10.6. The number of hydrazone groups is 1. The van der Waals surface area contributed by atoms with Gasteiger partial charge in [0.15, 0.2) is 5.51 Å². The van der Waals surface area contributed by atoms with Crippen molar-refractivity contribution >= 4 is 29.6 Å². The van der Waals surface area contributed by atoms with E-state index >= 15 is 0 Å². The van der Waals surface area contributed by atoms with Crippen LogP contribution in [0.4, 0.5) is 0 Å². The fourth-order valence-electron chi connectivity index (χ4n) is 0.896. The van der Waals surface area contributed by atoms with Crippen LogP contribution in [0.15, 0.2) is 10.5 Å². The maximum absolute atomic E-state index is 4.18. The van der Waals surface area contributed by atoms with E-state index in [1.54, 1.807) is 11.9 Å². The molecule has 1 aromatic heterocycles. The molecule has 0 amide bonds. The van der Waals surface area contributed by atoms with Gasteiger partial charge in [0.2, 0.25) is 0 Å². The van der Waals surface area contributed by atoms with Crippen LogP contribution in [0.3, 0.4) is 0 Å². The van der Waals surface area contributed by atoms with Gasteiger partial charge in [0.1, 0.15) is 13.0 Å². The second-order valence-electron chi connectivity index (χ2n) is 2.69. The van der Waals surface area contributed by atoms with Gasteiger partial charge in [-0.25, -0.2) is 9.40 Å². The maximum atomic E-state index is 4.18. The quantitative estimate of drug-likeness (QED) is 0.707. The molecule has 0 N–H and O–H groups in total. The van der Waals surface area contributed by atoms with Crippen LogP contribution in [0.1, 0.15) is 5.69 Å². The van der Waals surface area contributed by atoms with Crippen LogP contribution in [-0.2, 0) is 5.75 Å². The smallest absolute Gasteiger partial charge is 0.152 e. The SMILES string of the molecule is CN1C=NN(SCc2cs[c]n2)C1. The number of hydrogen-bond acceptors (Lipinski definition) is 6. The minimum Gasteiger partial charge on any atom is -0.344 e. The Morgan fingerprint density at radius 1 is 1.77 bits per heavy atom. The molecular weight excluding hydrogens is 204 g/mol. The third-order valence-corrected chi connectivity index (χ3v) is 3.04. The lowest BCUT2D eigenvalue weighted by Crippen LogP contribution is -2.18. The van der Waals surface area contributed by atoms with Crippen molar-refractivity contribution in [3.8, 4) is 0 Å². The van der Waals surface area contributed by atoms with Crippen LogP contribution in [-0.4, -0.2) is 34.4 Å². The van der Waals surface area contributed by atoms with E-state index in [0.29, 0.717) is 0 Å². The molecule has 0 bridgehead atoms. The highest BCUT2D eigenvalue weighted by atomic mass is 32.2. The topological polar surface area (TPSA) is 31.7 Å². The average molecular weight is 213 g/mol. The summed E-state index contributed by atoms with van der Waals surface area (Å²) in [7, 11) is 2.00. The molecule has 0 atom stereocenters. The van der Waals surface area contributed by atoms with E-state index in [1.165, 1.54) is 11.3 Å². The monoisotopic (exact) mass is 213 g/mol. The van der Waals surface area contributed by atoms with Gasteiger partial charge in [0.25, 0.3) is 0 Å². The molecule has 1 aliphatic rings. The predicted molar refractivity (Wildman–Crippen MR) is 55.2 cm³/mol. The molecule has 2 heterocycles. The highest BCUT2D eigenvalue weighted by Crippen LogP contribution is 2.19. The molecule has 0 aromatic carbocycles. The molecule has 0 unspecified atom stereocenters. The lowest BCUT2D eigenvalue weighted by molar-refractivity contribution is 0.404. The van der Waals surface area contributed by atoms with E-state index in [9.17, 15) is 0 Å². The van der Waals surface area contributed by atoms with Crippen molar-refractivity contribution in [1.29, 1.82) is 0 Å². The molecule has 0 saturated heterocycles. The number of hydrogen-bond donors (Lipinski definition) is 0. The molecule has 0 fully saturated rings. The summed E-state index contributed by atoms with van der Waals surface area (Å²) in [4.78, 5) is 6.10. The lowest BCUT2D eigenvalue weighted by Gasteiger charge is -2.12. The highest BCUT2D eigenvalue weighted by molar-refractivity contribution is 7.96. The zero-order chi connectivity index (χ0) is 9.10. The predicted octanol–water partition coefficient (Wildman–Crippen LogP) is 1.24. The van der Waals surface area contributed by atoms with Crippen LogP contribution in [0.5, 0.6) is 0 Å². The van der Waals surface area contributed by atoms with E-state index in [4.69, 9.17) is 0 Å². The van der Waals surface area contributed by atoms with Crippen molar-refractivity contribution in [2.75, 3.05) is 13.7 Å². The first-order valence-corrected chi connectivity index (χ1v) is 5.62. The Hall–Kier alpha value is -0.750. The maximum Gasteiger partial charge on any atom is 0.152 e. The first kappa shape index (κ1) is 8.83. The summed E-state index contributed by atoms with van der Waals surface area (Å²) in [5.41, 5.74) is 3.89. The van der Waals surface area contributed by atoms with Crippen molar-refractivity contribution in [3.63, 3.8) is 0 Å². The van der Waals surface area contributed by atoms with Gasteiger partial charge in [-0.3, -0.25) is 0 Å². The first-order valence-electron chi connectivity index (χ1n) is 3.80. The van der Waals surface area contributed by atoms with E-state index in [1.807, 2.05) is 28.1 Å². The van der Waals surface area contributed by atoms with Crippen LogP contribution < -0.4 is 0 Å². The molecule has 1 aliphatic heterocycles. The molecule has 0 saturated carbocycles. The van der Waals surface area contributed by atoms with Gasteiger partial charge < -0.3 is 4.90 Å². The summed E-state index contributed by atoms with van der Waals surface area (Å²) in [6.45, 7) is 0.846. The Morgan fingerprint density at radius 2 is 2.69 bits per heavy atom. The summed E-state index contributed by atoms with van der Waals surface area (Å²) in [6.07, 6.45) is 1.82. The Morgan fingerprint density at radius 3 is 3.31 bits per heavy atom. The fraction of sp³-hybridized carbons (Fsp3) is 0.429. The summed E-state index contributed by atoms with van der Waals surface area (Å²) >= 11 is 3.17. The second-order valence-corrected chi connectivity index (χ2v) is 4.31. The van der Waals surface area contributed by atoms with Crippen molar-refractivity contribution < 1.29 is 0 Å². The number of nitrogens with zero attached hydrogens (tertiary/aromatic N) is 4. The standard InChI is InChI=1S/C7H9N4S2/c1-10-4-9-11(6-10)13-3-7-2-12-5-8-7/h2,4H,3,6H2,1H3. The van der Waals surface area contributed by atoms with Gasteiger partial charge in [-0.2, -0.15) is 5.10 Å². The molecule has 1 radical (unpaired) electrons. The zero-order valence-corrected chi connectivity index (χ0v) is 8.81. The summed E-state index contributed by atoms with van der Waals surface area (Å²) in [5.74, 6) is 0.866. The third-order valence-electron chi connectivity index (χ3n) is 1.52. The molecule has 0 aliphatic carbocycles. The van der Waals surface area contributed by atoms with Crippen molar-refractivity contribution in [3.05, 3.63) is 16.6 Å². The van der Waals surface area contributed by atoms with Gasteiger partial charge >= 0.3 is 0 Å². The van der Waals surface area contributed by atoms with Gasteiger partial charge in [0, 0.05) is 12.4 Å². The molecule has 69 valence electrons. The van der Waals surface area contributed by atoms with E-state index in [-0.39, 0.29) is 0 Å². The molecule has 13 heavy (non-hydrogen) atoms. The molecule has 6 heteroatoms. The molecule has 1 aromatic rings. The Kier molecular flexibility index (Phi) is 2.70. The van der Waals surface area contributed by atoms with Gasteiger partial charge in [0.05, 0.1) is 11.4 Å². The molecular formula is C7H9N4S2. The molecule has 4 nitrogen and oxygen atoms in total. The average Bonchev–Trinajstić information content (AvgIpc) is 2.71. The van der Waals surface area contributed by atoms with Gasteiger partial charge in [-0.05, 0) is 11.9 Å². The van der Waals surface area contributed by atoms with E-state index in [2.05, 4.69) is 15.6 Å². The van der Waals surface area contributed by atoms with Gasteiger partial charge in [-0.15, -0.1) is 11.3 Å². The fourth-order valence-corrected chi connectivity index (χ4v) is 2.30. The number of aromatic nitrogens is 1. The minimum absolute atomic E-state index is 0.846. The Balaban J connectivity index is 1.78. The second kappa shape index (κ2) is 3.97. The van der Waals surface area contributed by atoms with Crippen molar-refractivity contribution in [2.24, 2.45) is 5.10 Å².